The number of benzene rings is 2. The number of rotatable bonds is 8. The average molecular weight is 368 g/mol. The third-order valence-corrected chi connectivity index (χ3v) is 4.61. The summed E-state index contributed by atoms with van der Waals surface area (Å²) in [6.07, 6.45) is 0.544. The number of hydrogen-bond donors (Lipinski definition) is 0. The Morgan fingerprint density at radius 1 is 0.926 bits per heavy atom. The predicted octanol–water partition coefficient (Wildman–Crippen LogP) is 4.08. The summed E-state index contributed by atoms with van der Waals surface area (Å²) in [5.41, 5.74) is 2.02. The Hall–Kier alpha value is -2.82. The quantitative estimate of drug-likeness (QED) is 0.705. The second kappa shape index (κ2) is 10.4. The molecular weight excluding hydrogens is 340 g/mol. The first-order chi connectivity index (χ1) is 13.0. The van der Waals surface area contributed by atoms with E-state index >= 15 is 0 Å². The minimum Gasteiger partial charge on any atom is -0.445 e. The Balaban J connectivity index is 1.86. The van der Waals surface area contributed by atoms with Gasteiger partial charge in [-0.1, -0.05) is 67.6 Å². The van der Waals surface area contributed by atoms with Gasteiger partial charge < -0.3 is 14.5 Å². The molecule has 5 nitrogen and oxygen atoms in total. The Morgan fingerprint density at radius 3 is 2.04 bits per heavy atom. The number of hydrogen-bond acceptors (Lipinski definition) is 3. The van der Waals surface area contributed by atoms with Gasteiger partial charge in [0, 0.05) is 33.1 Å². The SMILES string of the molecule is CCC(CC(=O)N(C)Cc1ccccc1)N(C)C(=O)OCc1ccccc1. The largest absolute Gasteiger partial charge is 0.445 e. The lowest BCUT2D eigenvalue weighted by atomic mass is 10.1. The molecule has 0 bridgehead atoms. The van der Waals surface area contributed by atoms with Crippen LogP contribution in [0.5, 0.6) is 0 Å². The highest BCUT2D eigenvalue weighted by atomic mass is 16.6. The van der Waals surface area contributed by atoms with E-state index in [1.165, 1.54) is 4.90 Å². The molecule has 0 spiro atoms. The van der Waals surface area contributed by atoms with Crippen LogP contribution in [0.4, 0.5) is 4.79 Å². The molecule has 1 atom stereocenters. The lowest BCUT2D eigenvalue weighted by molar-refractivity contribution is -0.131. The van der Waals surface area contributed by atoms with Crippen LogP contribution in [-0.2, 0) is 22.7 Å². The Morgan fingerprint density at radius 2 is 1.48 bits per heavy atom. The van der Waals surface area contributed by atoms with Crippen molar-refractivity contribution < 1.29 is 14.3 Å². The fourth-order valence-corrected chi connectivity index (χ4v) is 2.83. The number of amides is 2. The topological polar surface area (TPSA) is 49.9 Å². The van der Waals surface area contributed by atoms with Crippen molar-refractivity contribution in [3.63, 3.8) is 0 Å². The number of carbonyl (C=O) groups excluding carboxylic acids is 2. The monoisotopic (exact) mass is 368 g/mol. The van der Waals surface area contributed by atoms with Crippen LogP contribution in [0, 0.1) is 0 Å². The van der Waals surface area contributed by atoms with Gasteiger partial charge in [0.25, 0.3) is 0 Å². The first-order valence-electron chi connectivity index (χ1n) is 9.22. The molecule has 0 radical (unpaired) electrons. The molecule has 0 saturated heterocycles. The highest BCUT2D eigenvalue weighted by Crippen LogP contribution is 2.13. The molecule has 2 amide bonds. The molecule has 0 aromatic heterocycles. The van der Waals surface area contributed by atoms with E-state index in [4.69, 9.17) is 4.74 Å². The molecule has 144 valence electrons. The van der Waals surface area contributed by atoms with Crippen LogP contribution in [0.2, 0.25) is 0 Å². The third-order valence-electron chi connectivity index (χ3n) is 4.61. The van der Waals surface area contributed by atoms with Crippen molar-refractivity contribution in [1.29, 1.82) is 0 Å². The average Bonchev–Trinajstić information content (AvgIpc) is 2.71. The van der Waals surface area contributed by atoms with Crippen molar-refractivity contribution in [2.24, 2.45) is 0 Å². The number of carbonyl (C=O) groups is 2. The van der Waals surface area contributed by atoms with Crippen LogP contribution in [0.3, 0.4) is 0 Å². The van der Waals surface area contributed by atoms with Crippen molar-refractivity contribution in [2.45, 2.75) is 39.0 Å². The number of nitrogens with zero attached hydrogens (tertiary/aromatic N) is 2. The van der Waals surface area contributed by atoms with Crippen LogP contribution in [-0.4, -0.2) is 41.9 Å². The Labute approximate surface area is 161 Å². The fourth-order valence-electron chi connectivity index (χ4n) is 2.83. The summed E-state index contributed by atoms with van der Waals surface area (Å²) in [6, 6.07) is 19.2. The second-order valence-electron chi connectivity index (χ2n) is 6.65. The van der Waals surface area contributed by atoms with Crippen molar-refractivity contribution in [2.75, 3.05) is 14.1 Å². The van der Waals surface area contributed by atoms with E-state index in [1.54, 1.807) is 19.0 Å². The van der Waals surface area contributed by atoms with Crippen molar-refractivity contribution >= 4 is 12.0 Å². The van der Waals surface area contributed by atoms with Crippen molar-refractivity contribution in [3.05, 3.63) is 71.8 Å². The first-order valence-corrected chi connectivity index (χ1v) is 9.22. The molecule has 27 heavy (non-hydrogen) atoms. The van der Waals surface area contributed by atoms with Gasteiger partial charge in [0.15, 0.2) is 0 Å². The zero-order valence-corrected chi connectivity index (χ0v) is 16.3. The smallest absolute Gasteiger partial charge is 0.410 e. The maximum atomic E-state index is 12.6. The standard InChI is InChI=1S/C22H28N2O3/c1-4-20(15-21(25)23(2)16-18-11-7-5-8-12-18)24(3)22(26)27-17-19-13-9-6-10-14-19/h5-14,20H,4,15-17H2,1-3H3. The highest BCUT2D eigenvalue weighted by Gasteiger charge is 2.24. The second-order valence-corrected chi connectivity index (χ2v) is 6.65. The molecule has 0 heterocycles. The third kappa shape index (κ3) is 6.44. The van der Waals surface area contributed by atoms with Gasteiger partial charge >= 0.3 is 6.09 Å². The Kier molecular flexibility index (Phi) is 7.86. The van der Waals surface area contributed by atoms with E-state index < -0.39 is 6.09 Å². The lowest BCUT2D eigenvalue weighted by Crippen LogP contribution is -2.41. The normalized spacial score (nSPS) is 11.5. The van der Waals surface area contributed by atoms with Crippen LogP contribution in [0.25, 0.3) is 0 Å². The summed E-state index contributed by atoms with van der Waals surface area (Å²) < 4.78 is 5.37. The van der Waals surface area contributed by atoms with E-state index in [0.29, 0.717) is 13.0 Å². The molecule has 0 saturated carbocycles. The lowest BCUT2D eigenvalue weighted by Gasteiger charge is -2.28. The maximum Gasteiger partial charge on any atom is 0.410 e. The molecule has 2 aromatic carbocycles. The first kappa shape index (κ1) is 20.5. The van der Waals surface area contributed by atoms with Crippen LogP contribution in [0.1, 0.15) is 30.9 Å². The maximum absolute atomic E-state index is 12.6. The van der Waals surface area contributed by atoms with E-state index in [1.807, 2.05) is 67.6 Å². The minimum absolute atomic E-state index is 0.00779. The van der Waals surface area contributed by atoms with Gasteiger partial charge in [0.05, 0.1) is 0 Å². The van der Waals surface area contributed by atoms with Crippen molar-refractivity contribution in [1.82, 2.24) is 9.80 Å². The van der Waals surface area contributed by atoms with Gasteiger partial charge in [-0.15, -0.1) is 0 Å². The summed E-state index contributed by atoms with van der Waals surface area (Å²) in [5, 5.41) is 0. The molecular formula is C22H28N2O3. The van der Waals surface area contributed by atoms with Gasteiger partial charge in [-0.25, -0.2) is 4.79 Å². The van der Waals surface area contributed by atoms with E-state index in [-0.39, 0.29) is 25.0 Å². The summed E-state index contributed by atoms with van der Waals surface area (Å²) in [5.74, 6) is 0.00779. The molecule has 0 aliphatic heterocycles. The molecule has 2 rings (SSSR count). The van der Waals surface area contributed by atoms with Crippen LogP contribution in [0.15, 0.2) is 60.7 Å². The molecule has 2 aromatic rings. The molecule has 0 fully saturated rings. The summed E-state index contributed by atoms with van der Waals surface area (Å²) in [4.78, 5) is 28.1. The Bertz CT molecular complexity index is 719. The van der Waals surface area contributed by atoms with Crippen LogP contribution >= 0.6 is 0 Å². The van der Waals surface area contributed by atoms with Gasteiger partial charge in [-0.2, -0.15) is 0 Å². The molecule has 1 unspecified atom stereocenters. The molecule has 5 heteroatoms. The zero-order chi connectivity index (χ0) is 19.6. The van der Waals surface area contributed by atoms with E-state index in [2.05, 4.69) is 0 Å². The van der Waals surface area contributed by atoms with Gasteiger partial charge in [-0.3, -0.25) is 4.79 Å². The predicted molar refractivity (Wildman–Crippen MR) is 106 cm³/mol. The van der Waals surface area contributed by atoms with Crippen LogP contribution < -0.4 is 0 Å². The van der Waals surface area contributed by atoms with E-state index in [0.717, 1.165) is 11.1 Å². The molecule has 0 aliphatic carbocycles. The zero-order valence-electron chi connectivity index (χ0n) is 16.3. The highest BCUT2D eigenvalue weighted by molar-refractivity contribution is 5.77. The molecule has 0 N–H and O–H groups in total. The molecule has 0 aliphatic rings. The minimum atomic E-state index is -0.413. The number of ether oxygens (including phenoxy) is 1. The van der Waals surface area contributed by atoms with Gasteiger partial charge in [0.2, 0.25) is 5.91 Å². The fraction of sp³-hybridized carbons (Fsp3) is 0.364. The summed E-state index contributed by atoms with van der Waals surface area (Å²) in [6.45, 7) is 2.75. The van der Waals surface area contributed by atoms with Gasteiger partial charge in [-0.05, 0) is 17.5 Å². The summed E-state index contributed by atoms with van der Waals surface area (Å²) >= 11 is 0. The summed E-state index contributed by atoms with van der Waals surface area (Å²) in [7, 11) is 3.47. The van der Waals surface area contributed by atoms with Crippen molar-refractivity contribution in [3.8, 4) is 0 Å². The van der Waals surface area contributed by atoms with Gasteiger partial charge in [0.1, 0.15) is 6.61 Å². The van der Waals surface area contributed by atoms with E-state index in [9.17, 15) is 9.59 Å².